The van der Waals surface area contributed by atoms with Crippen LogP contribution in [-0.2, 0) is 0 Å². The Labute approximate surface area is 164 Å². The van der Waals surface area contributed by atoms with Crippen LogP contribution in [0.15, 0.2) is 84.0 Å². The molecular formula is C23H22N4O. The first kappa shape index (κ1) is 17.8. The maximum Gasteiger partial charge on any atom is 0.339 e. The van der Waals surface area contributed by atoms with Gasteiger partial charge in [0.25, 0.3) is 0 Å². The number of fused-ring (bicyclic) bond motifs is 1. The molecule has 4 rings (SSSR count). The standard InChI is InChI=1S/C23H22N4O/c1-16-11-13-18(14-12-16)24-23(28)27-26-22-15-21(17-7-3-2-4-8-17)25-20-10-6-5-9-19(20)22/h2-14,21,25H,15H2,1H3,(H2,24,27,28). The maximum absolute atomic E-state index is 12.3. The summed E-state index contributed by atoms with van der Waals surface area (Å²) in [5.74, 6) is 0. The number of urea groups is 1. The summed E-state index contributed by atoms with van der Waals surface area (Å²) in [6.07, 6.45) is 0.686. The van der Waals surface area contributed by atoms with Gasteiger partial charge in [0.1, 0.15) is 0 Å². The molecule has 1 unspecified atom stereocenters. The molecule has 28 heavy (non-hydrogen) atoms. The second-order valence-electron chi connectivity index (χ2n) is 6.85. The third-order valence-corrected chi connectivity index (χ3v) is 4.77. The molecule has 1 aliphatic rings. The van der Waals surface area contributed by atoms with Crippen molar-refractivity contribution in [1.29, 1.82) is 0 Å². The van der Waals surface area contributed by atoms with Gasteiger partial charge >= 0.3 is 6.03 Å². The smallest absolute Gasteiger partial charge is 0.339 e. The van der Waals surface area contributed by atoms with E-state index in [1.54, 1.807) is 0 Å². The molecule has 5 nitrogen and oxygen atoms in total. The number of amides is 2. The van der Waals surface area contributed by atoms with Crippen molar-refractivity contribution in [2.24, 2.45) is 5.10 Å². The highest BCUT2D eigenvalue weighted by Gasteiger charge is 2.24. The Kier molecular flexibility index (Phi) is 5.06. The van der Waals surface area contributed by atoms with E-state index < -0.39 is 0 Å². The van der Waals surface area contributed by atoms with E-state index in [2.05, 4.69) is 33.3 Å². The first-order valence-electron chi connectivity index (χ1n) is 9.30. The van der Waals surface area contributed by atoms with Crippen molar-refractivity contribution < 1.29 is 4.79 Å². The molecule has 0 spiro atoms. The van der Waals surface area contributed by atoms with Crippen molar-refractivity contribution in [3.05, 3.63) is 95.6 Å². The summed E-state index contributed by atoms with van der Waals surface area (Å²) in [5.41, 5.74) is 8.57. The Morgan fingerprint density at radius 1 is 0.964 bits per heavy atom. The molecule has 2 amide bonds. The molecule has 0 aliphatic carbocycles. The lowest BCUT2D eigenvalue weighted by Crippen LogP contribution is -2.29. The predicted octanol–water partition coefficient (Wildman–Crippen LogP) is 5.08. The molecule has 1 aliphatic heterocycles. The minimum atomic E-state index is -0.358. The van der Waals surface area contributed by atoms with Crippen molar-refractivity contribution in [3.8, 4) is 0 Å². The van der Waals surface area contributed by atoms with Crippen LogP contribution in [0.5, 0.6) is 0 Å². The Morgan fingerprint density at radius 2 is 1.68 bits per heavy atom. The second kappa shape index (κ2) is 7.96. The number of nitrogens with one attached hydrogen (secondary N) is 3. The Bertz CT molecular complexity index is 997. The first-order chi connectivity index (χ1) is 13.7. The number of nitrogens with zero attached hydrogens (tertiary/aromatic N) is 1. The normalized spacial score (nSPS) is 16.8. The molecule has 5 heteroatoms. The van der Waals surface area contributed by atoms with Crippen LogP contribution in [0.25, 0.3) is 0 Å². The number of hydrazone groups is 1. The number of anilines is 2. The van der Waals surface area contributed by atoms with Crippen LogP contribution in [-0.4, -0.2) is 11.7 Å². The van der Waals surface area contributed by atoms with E-state index >= 15 is 0 Å². The average Bonchev–Trinajstić information content (AvgIpc) is 2.74. The van der Waals surface area contributed by atoms with Crippen LogP contribution in [0.3, 0.4) is 0 Å². The highest BCUT2D eigenvalue weighted by atomic mass is 16.2. The molecule has 1 atom stereocenters. The van der Waals surface area contributed by atoms with Gasteiger partial charge in [0.2, 0.25) is 0 Å². The molecule has 3 aromatic carbocycles. The molecule has 0 saturated heterocycles. The van der Waals surface area contributed by atoms with Gasteiger partial charge < -0.3 is 10.6 Å². The number of benzene rings is 3. The predicted molar refractivity (Wildman–Crippen MR) is 114 cm³/mol. The van der Waals surface area contributed by atoms with E-state index in [1.165, 1.54) is 5.56 Å². The van der Waals surface area contributed by atoms with Crippen LogP contribution in [0.2, 0.25) is 0 Å². The van der Waals surface area contributed by atoms with Gasteiger partial charge in [-0.1, -0.05) is 66.2 Å². The molecule has 0 bridgehead atoms. The zero-order valence-electron chi connectivity index (χ0n) is 15.6. The van der Waals surface area contributed by atoms with Gasteiger partial charge in [-0.15, -0.1) is 0 Å². The number of aryl methyl sites for hydroxylation is 1. The zero-order chi connectivity index (χ0) is 19.3. The lowest BCUT2D eigenvalue weighted by Gasteiger charge is -2.28. The molecule has 0 saturated carbocycles. The SMILES string of the molecule is Cc1ccc(NC(=O)NN=C2CC(c3ccccc3)Nc3ccccc32)cc1. The largest absolute Gasteiger partial charge is 0.377 e. The highest BCUT2D eigenvalue weighted by Crippen LogP contribution is 2.32. The molecule has 3 N–H and O–H groups in total. The third kappa shape index (κ3) is 4.04. The van der Waals surface area contributed by atoms with E-state index in [-0.39, 0.29) is 12.1 Å². The van der Waals surface area contributed by atoms with Crippen molar-refractivity contribution in [1.82, 2.24) is 5.43 Å². The minimum Gasteiger partial charge on any atom is -0.377 e. The van der Waals surface area contributed by atoms with Gasteiger partial charge in [-0.05, 0) is 30.7 Å². The van der Waals surface area contributed by atoms with Crippen molar-refractivity contribution in [3.63, 3.8) is 0 Å². The average molecular weight is 370 g/mol. The lowest BCUT2D eigenvalue weighted by atomic mass is 9.92. The van der Waals surface area contributed by atoms with Crippen LogP contribution < -0.4 is 16.1 Å². The van der Waals surface area contributed by atoms with E-state index in [4.69, 9.17) is 0 Å². The van der Waals surface area contributed by atoms with Gasteiger partial charge in [0, 0.05) is 23.4 Å². The van der Waals surface area contributed by atoms with E-state index in [1.807, 2.05) is 73.7 Å². The molecule has 3 aromatic rings. The highest BCUT2D eigenvalue weighted by molar-refractivity contribution is 6.07. The van der Waals surface area contributed by atoms with E-state index in [9.17, 15) is 4.79 Å². The third-order valence-electron chi connectivity index (χ3n) is 4.77. The quantitative estimate of drug-likeness (QED) is 0.563. The summed E-state index contributed by atoms with van der Waals surface area (Å²) in [6.45, 7) is 2.01. The summed E-state index contributed by atoms with van der Waals surface area (Å²) in [4.78, 5) is 12.3. The summed E-state index contributed by atoms with van der Waals surface area (Å²) < 4.78 is 0. The molecule has 1 heterocycles. The number of carbonyl (C=O) groups excluding carboxylic acids is 1. The molecule has 0 radical (unpaired) electrons. The number of rotatable bonds is 3. The van der Waals surface area contributed by atoms with Gasteiger partial charge in [0.05, 0.1) is 11.8 Å². The zero-order valence-corrected chi connectivity index (χ0v) is 15.6. The molecular weight excluding hydrogens is 348 g/mol. The number of para-hydroxylation sites is 1. The fraction of sp³-hybridized carbons (Fsp3) is 0.130. The Hall–Kier alpha value is -3.60. The van der Waals surface area contributed by atoms with Gasteiger partial charge in [-0.2, -0.15) is 5.10 Å². The van der Waals surface area contributed by atoms with E-state index in [0.717, 1.165) is 28.2 Å². The second-order valence-corrected chi connectivity index (χ2v) is 6.85. The first-order valence-corrected chi connectivity index (χ1v) is 9.30. The summed E-state index contributed by atoms with van der Waals surface area (Å²) >= 11 is 0. The Balaban J connectivity index is 1.53. The molecule has 140 valence electrons. The minimum absolute atomic E-state index is 0.108. The topological polar surface area (TPSA) is 65.5 Å². The van der Waals surface area contributed by atoms with Crippen LogP contribution >= 0.6 is 0 Å². The van der Waals surface area contributed by atoms with Crippen molar-refractivity contribution >= 4 is 23.1 Å². The van der Waals surface area contributed by atoms with Crippen LogP contribution in [0.1, 0.15) is 29.2 Å². The Morgan fingerprint density at radius 3 is 2.46 bits per heavy atom. The molecule has 0 aromatic heterocycles. The number of hydrogen-bond acceptors (Lipinski definition) is 3. The summed E-state index contributed by atoms with van der Waals surface area (Å²) in [6, 6.07) is 25.7. The summed E-state index contributed by atoms with van der Waals surface area (Å²) in [7, 11) is 0. The van der Waals surface area contributed by atoms with Gasteiger partial charge in [0.15, 0.2) is 0 Å². The van der Waals surface area contributed by atoms with Gasteiger partial charge in [-0.25, -0.2) is 10.2 Å². The number of hydrogen-bond donors (Lipinski definition) is 3. The monoisotopic (exact) mass is 370 g/mol. The fourth-order valence-corrected chi connectivity index (χ4v) is 3.31. The molecule has 0 fully saturated rings. The maximum atomic E-state index is 12.3. The van der Waals surface area contributed by atoms with E-state index in [0.29, 0.717) is 6.42 Å². The summed E-state index contributed by atoms with van der Waals surface area (Å²) in [5, 5.41) is 10.8. The van der Waals surface area contributed by atoms with Crippen molar-refractivity contribution in [2.45, 2.75) is 19.4 Å². The fourth-order valence-electron chi connectivity index (χ4n) is 3.31. The van der Waals surface area contributed by atoms with Crippen LogP contribution in [0, 0.1) is 6.92 Å². The number of carbonyl (C=O) groups is 1. The lowest BCUT2D eigenvalue weighted by molar-refractivity contribution is 0.252. The van der Waals surface area contributed by atoms with Gasteiger partial charge in [-0.3, -0.25) is 0 Å². The van der Waals surface area contributed by atoms with Crippen LogP contribution in [0.4, 0.5) is 16.2 Å². The van der Waals surface area contributed by atoms with Crippen molar-refractivity contribution in [2.75, 3.05) is 10.6 Å².